The summed E-state index contributed by atoms with van der Waals surface area (Å²) in [6.45, 7) is 1.11. The molecule has 0 bridgehead atoms. The molecule has 0 spiro atoms. The second kappa shape index (κ2) is 5.97. The molecule has 0 unspecified atom stereocenters. The van der Waals surface area contributed by atoms with Crippen LogP contribution in [0.25, 0.3) is 0 Å². The Morgan fingerprint density at radius 1 is 1.56 bits per heavy atom. The van der Waals surface area contributed by atoms with Crippen LogP contribution in [0.3, 0.4) is 0 Å². The molecule has 1 aromatic rings. The van der Waals surface area contributed by atoms with Crippen LogP contribution in [0.4, 0.5) is 5.69 Å². The molecule has 1 amide bonds. The van der Waals surface area contributed by atoms with E-state index in [0.717, 1.165) is 6.42 Å². The van der Waals surface area contributed by atoms with E-state index in [1.54, 1.807) is 7.11 Å². The molecule has 1 aromatic carbocycles. The molecule has 0 aliphatic carbocycles. The molecule has 0 saturated heterocycles. The maximum absolute atomic E-state index is 11.6. The molecule has 0 saturated carbocycles. The summed E-state index contributed by atoms with van der Waals surface area (Å²) in [5.41, 5.74) is 6.26. The van der Waals surface area contributed by atoms with Crippen LogP contribution in [0.1, 0.15) is 16.8 Å². The number of aromatic hydroxyl groups is 1. The smallest absolute Gasteiger partial charge is 0.253 e. The molecule has 0 aliphatic heterocycles. The molecule has 88 valence electrons. The van der Waals surface area contributed by atoms with Gasteiger partial charge in [0, 0.05) is 25.9 Å². The largest absolute Gasteiger partial charge is 0.508 e. The highest BCUT2D eigenvalue weighted by Gasteiger charge is 2.09. The number of benzene rings is 1. The SMILES string of the molecule is COCCCNC(=O)c1cc(O)ccc1N. The Labute approximate surface area is 94.2 Å². The van der Waals surface area contributed by atoms with Crippen LogP contribution in [-0.4, -0.2) is 31.3 Å². The molecule has 0 radical (unpaired) electrons. The van der Waals surface area contributed by atoms with Crippen molar-refractivity contribution in [1.29, 1.82) is 0 Å². The van der Waals surface area contributed by atoms with Gasteiger partial charge in [-0.3, -0.25) is 4.79 Å². The van der Waals surface area contributed by atoms with Crippen LogP contribution >= 0.6 is 0 Å². The minimum atomic E-state index is -0.287. The first kappa shape index (κ1) is 12.3. The van der Waals surface area contributed by atoms with Gasteiger partial charge in [-0.1, -0.05) is 0 Å². The number of nitrogens with one attached hydrogen (secondary N) is 1. The average Bonchev–Trinajstić information content (AvgIpc) is 2.27. The number of ether oxygens (including phenoxy) is 1. The van der Waals surface area contributed by atoms with E-state index in [4.69, 9.17) is 10.5 Å². The number of carbonyl (C=O) groups excluding carboxylic acids is 1. The number of hydrogen-bond donors (Lipinski definition) is 3. The number of nitrogens with two attached hydrogens (primary N) is 1. The minimum absolute atomic E-state index is 0.0243. The van der Waals surface area contributed by atoms with Gasteiger partial charge in [0.2, 0.25) is 0 Å². The number of amides is 1. The Kier molecular flexibility index (Phi) is 4.60. The standard InChI is InChI=1S/C11H16N2O3/c1-16-6-2-5-13-11(15)9-7-8(14)3-4-10(9)12/h3-4,7,14H,2,5-6,12H2,1H3,(H,13,15). The van der Waals surface area contributed by atoms with Gasteiger partial charge in [-0.2, -0.15) is 0 Å². The lowest BCUT2D eigenvalue weighted by atomic mass is 10.1. The maximum Gasteiger partial charge on any atom is 0.253 e. The van der Waals surface area contributed by atoms with E-state index >= 15 is 0 Å². The van der Waals surface area contributed by atoms with Crippen LogP contribution in [0, 0.1) is 0 Å². The fourth-order valence-corrected chi connectivity index (χ4v) is 1.25. The zero-order chi connectivity index (χ0) is 12.0. The summed E-state index contributed by atoms with van der Waals surface area (Å²) in [6, 6.07) is 4.29. The van der Waals surface area contributed by atoms with Crippen molar-refractivity contribution in [2.75, 3.05) is 26.0 Å². The van der Waals surface area contributed by atoms with Crippen LogP contribution in [-0.2, 0) is 4.74 Å². The predicted octanol–water partition coefficient (Wildman–Crippen LogP) is 0.741. The van der Waals surface area contributed by atoms with E-state index in [-0.39, 0.29) is 17.2 Å². The highest BCUT2D eigenvalue weighted by atomic mass is 16.5. The number of phenols is 1. The Balaban J connectivity index is 2.55. The summed E-state index contributed by atoms with van der Waals surface area (Å²) >= 11 is 0. The molecule has 5 nitrogen and oxygen atoms in total. The third kappa shape index (κ3) is 3.43. The predicted molar refractivity (Wildman–Crippen MR) is 61.3 cm³/mol. The first-order chi connectivity index (χ1) is 7.65. The lowest BCUT2D eigenvalue weighted by molar-refractivity contribution is 0.0949. The van der Waals surface area contributed by atoms with Gasteiger partial charge in [0.05, 0.1) is 5.56 Å². The van der Waals surface area contributed by atoms with Crippen molar-refractivity contribution in [1.82, 2.24) is 5.32 Å². The third-order valence-corrected chi connectivity index (χ3v) is 2.09. The maximum atomic E-state index is 11.6. The van der Waals surface area contributed by atoms with E-state index < -0.39 is 0 Å². The van der Waals surface area contributed by atoms with Crippen molar-refractivity contribution < 1.29 is 14.6 Å². The van der Waals surface area contributed by atoms with Crippen LogP contribution in [0.15, 0.2) is 18.2 Å². The topological polar surface area (TPSA) is 84.6 Å². The fourth-order valence-electron chi connectivity index (χ4n) is 1.25. The van der Waals surface area contributed by atoms with Crippen molar-refractivity contribution >= 4 is 11.6 Å². The number of phenolic OH excluding ortho intramolecular Hbond substituents is 1. The molecule has 0 atom stereocenters. The number of methoxy groups -OCH3 is 1. The molecule has 0 heterocycles. The number of anilines is 1. The summed E-state index contributed by atoms with van der Waals surface area (Å²) in [5.74, 6) is -0.263. The second-order valence-corrected chi connectivity index (χ2v) is 3.37. The van der Waals surface area contributed by atoms with Crippen LogP contribution < -0.4 is 11.1 Å². The molecule has 0 aliphatic rings. The second-order valence-electron chi connectivity index (χ2n) is 3.37. The quantitative estimate of drug-likeness (QED) is 0.391. The molecule has 4 N–H and O–H groups in total. The Morgan fingerprint density at radius 3 is 3.00 bits per heavy atom. The highest BCUT2D eigenvalue weighted by molar-refractivity contribution is 5.99. The normalized spacial score (nSPS) is 10.1. The van der Waals surface area contributed by atoms with Gasteiger partial charge in [0.15, 0.2) is 0 Å². The molecule has 1 rings (SSSR count). The summed E-state index contributed by atoms with van der Waals surface area (Å²) in [5, 5.41) is 11.9. The molecule has 0 aromatic heterocycles. The first-order valence-corrected chi connectivity index (χ1v) is 5.00. The van der Waals surface area contributed by atoms with Gasteiger partial charge in [-0.05, 0) is 24.6 Å². The van der Waals surface area contributed by atoms with Gasteiger partial charge in [0.1, 0.15) is 5.75 Å². The lowest BCUT2D eigenvalue weighted by Gasteiger charge is -2.07. The van der Waals surface area contributed by atoms with Crippen molar-refractivity contribution in [2.45, 2.75) is 6.42 Å². The van der Waals surface area contributed by atoms with Crippen LogP contribution in [0.5, 0.6) is 5.75 Å². The minimum Gasteiger partial charge on any atom is -0.508 e. The van der Waals surface area contributed by atoms with Gasteiger partial charge in [-0.25, -0.2) is 0 Å². The molecular formula is C11H16N2O3. The first-order valence-electron chi connectivity index (χ1n) is 5.00. The Bertz CT molecular complexity index is 366. The van der Waals surface area contributed by atoms with Crippen LogP contribution in [0.2, 0.25) is 0 Å². The van der Waals surface area contributed by atoms with E-state index in [9.17, 15) is 9.90 Å². The molecule has 5 heteroatoms. The number of hydrogen-bond acceptors (Lipinski definition) is 4. The number of nitrogen functional groups attached to an aromatic ring is 1. The third-order valence-electron chi connectivity index (χ3n) is 2.09. The summed E-state index contributed by atoms with van der Waals surface area (Å²) in [6.07, 6.45) is 0.737. The highest BCUT2D eigenvalue weighted by Crippen LogP contribution is 2.17. The van der Waals surface area contributed by atoms with Gasteiger partial charge in [0.25, 0.3) is 5.91 Å². The number of carbonyl (C=O) groups is 1. The zero-order valence-corrected chi connectivity index (χ0v) is 9.19. The molecular weight excluding hydrogens is 208 g/mol. The monoisotopic (exact) mass is 224 g/mol. The fraction of sp³-hybridized carbons (Fsp3) is 0.364. The zero-order valence-electron chi connectivity index (χ0n) is 9.19. The summed E-state index contributed by atoms with van der Waals surface area (Å²) in [4.78, 5) is 11.6. The van der Waals surface area contributed by atoms with Gasteiger partial charge in [-0.15, -0.1) is 0 Å². The van der Waals surface area contributed by atoms with E-state index in [2.05, 4.69) is 5.32 Å². The molecule has 0 fully saturated rings. The van der Waals surface area contributed by atoms with Crippen molar-refractivity contribution in [3.05, 3.63) is 23.8 Å². The lowest BCUT2D eigenvalue weighted by Crippen LogP contribution is -2.26. The Hall–Kier alpha value is -1.75. The van der Waals surface area contributed by atoms with E-state index in [0.29, 0.717) is 18.8 Å². The number of rotatable bonds is 5. The van der Waals surface area contributed by atoms with Crippen molar-refractivity contribution in [3.63, 3.8) is 0 Å². The van der Waals surface area contributed by atoms with E-state index in [1.807, 2.05) is 0 Å². The average molecular weight is 224 g/mol. The summed E-state index contributed by atoms with van der Waals surface area (Å²) in [7, 11) is 1.61. The van der Waals surface area contributed by atoms with E-state index in [1.165, 1.54) is 18.2 Å². The van der Waals surface area contributed by atoms with Crippen molar-refractivity contribution in [2.24, 2.45) is 0 Å². The van der Waals surface area contributed by atoms with Gasteiger partial charge >= 0.3 is 0 Å². The Morgan fingerprint density at radius 2 is 2.31 bits per heavy atom. The van der Waals surface area contributed by atoms with Crippen molar-refractivity contribution in [3.8, 4) is 5.75 Å². The molecule has 16 heavy (non-hydrogen) atoms. The summed E-state index contributed by atoms with van der Waals surface area (Å²) < 4.78 is 4.86. The van der Waals surface area contributed by atoms with Gasteiger partial charge < -0.3 is 20.9 Å².